The van der Waals surface area contributed by atoms with Gasteiger partial charge in [0.1, 0.15) is 30.6 Å². The van der Waals surface area contributed by atoms with Crippen LogP contribution in [0.1, 0.15) is 27.3 Å². The smallest absolute Gasteiger partial charge is 0.269 e. The molecule has 0 unspecified atom stereocenters. The van der Waals surface area contributed by atoms with Crippen LogP contribution in [0.3, 0.4) is 0 Å². The van der Waals surface area contributed by atoms with E-state index in [1.807, 2.05) is 0 Å². The Morgan fingerprint density at radius 3 is 2.78 bits per heavy atom. The maximum atomic E-state index is 14.6. The van der Waals surface area contributed by atoms with Crippen LogP contribution in [0.25, 0.3) is 0 Å². The molecular weight excluding hydrogens is 429 g/mol. The lowest BCUT2D eigenvalue weighted by molar-refractivity contribution is -0.0146. The van der Waals surface area contributed by atoms with E-state index in [4.69, 9.17) is 19.9 Å². The summed E-state index contributed by atoms with van der Waals surface area (Å²) >= 11 is 0. The van der Waals surface area contributed by atoms with Crippen LogP contribution in [0, 0.1) is 12.7 Å². The summed E-state index contributed by atoms with van der Waals surface area (Å²) in [4.78, 5) is 24.9. The van der Waals surface area contributed by atoms with E-state index >= 15 is 0 Å². The fourth-order valence-electron chi connectivity index (χ4n) is 3.32. The second-order valence-corrected chi connectivity index (χ2v) is 7.22. The minimum Gasteiger partial charge on any atom is -0.474 e. The maximum absolute atomic E-state index is 14.6. The largest absolute Gasteiger partial charge is 0.474 e. The molecule has 0 radical (unpaired) electrons. The molecule has 1 aliphatic heterocycles. The number of benzene rings is 1. The van der Waals surface area contributed by atoms with E-state index in [-0.39, 0.29) is 42.6 Å². The molecule has 2 aromatic rings. The highest BCUT2D eigenvalue weighted by atomic mass is 19.3. The predicted octanol–water partition coefficient (Wildman–Crippen LogP) is 2.22. The van der Waals surface area contributed by atoms with Crippen LogP contribution in [-0.4, -0.2) is 61.5 Å². The zero-order chi connectivity index (χ0) is 23.3. The number of nitrogens with two attached hydrogens (primary N) is 1. The second-order valence-electron chi connectivity index (χ2n) is 7.22. The number of nitrogens with zero attached hydrogens (tertiary/aromatic N) is 3. The summed E-state index contributed by atoms with van der Waals surface area (Å²) < 4.78 is 57.8. The first-order valence-corrected chi connectivity index (χ1v) is 9.74. The first-order valence-electron chi connectivity index (χ1n) is 9.74. The van der Waals surface area contributed by atoms with E-state index in [2.05, 4.69) is 15.0 Å². The molecule has 2 heterocycles. The summed E-state index contributed by atoms with van der Waals surface area (Å²) in [5, 5.41) is 0. The van der Waals surface area contributed by atoms with Crippen molar-refractivity contribution in [2.45, 2.75) is 25.3 Å². The van der Waals surface area contributed by atoms with E-state index < -0.39 is 30.2 Å². The van der Waals surface area contributed by atoms with Gasteiger partial charge in [0.15, 0.2) is 11.3 Å². The highest BCUT2D eigenvalue weighted by Gasteiger charge is 2.46. The zero-order valence-corrected chi connectivity index (χ0v) is 17.6. The third-order valence-corrected chi connectivity index (χ3v) is 4.86. The Morgan fingerprint density at radius 2 is 2.12 bits per heavy atom. The Morgan fingerprint density at radius 1 is 1.34 bits per heavy atom. The fourth-order valence-corrected chi connectivity index (χ4v) is 3.32. The average Bonchev–Trinajstić information content (AvgIpc) is 2.75. The van der Waals surface area contributed by atoms with Crippen molar-refractivity contribution in [3.8, 4) is 5.88 Å². The van der Waals surface area contributed by atoms with Crippen molar-refractivity contribution in [2.75, 3.05) is 33.5 Å². The molecule has 0 spiro atoms. The molecular formula is C21H23F3N4O4. The third-order valence-electron chi connectivity index (χ3n) is 4.86. The zero-order valence-electron chi connectivity index (χ0n) is 17.6. The number of hydrogen-bond donors (Lipinski definition) is 1. The quantitative estimate of drug-likeness (QED) is 0.459. The number of halogens is 3. The Balaban J connectivity index is 1.85. The van der Waals surface area contributed by atoms with E-state index in [1.54, 1.807) is 6.92 Å². The van der Waals surface area contributed by atoms with Crippen LogP contribution in [0.15, 0.2) is 29.4 Å². The lowest BCUT2D eigenvalue weighted by Gasteiger charge is -2.33. The molecule has 1 atom stereocenters. The molecule has 0 saturated carbocycles. The number of methoxy groups -OCH3 is 1. The molecule has 1 aromatic heterocycles. The van der Waals surface area contributed by atoms with Crippen LogP contribution >= 0.6 is 0 Å². The summed E-state index contributed by atoms with van der Waals surface area (Å²) in [7, 11) is 1.54. The molecule has 0 bridgehead atoms. The second kappa shape index (κ2) is 10.0. The maximum Gasteiger partial charge on any atom is 0.269 e. The van der Waals surface area contributed by atoms with Gasteiger partial charge in [-0.3, -0.25) is 9.79 Å². The molecule has 3 rings (SSSR count). The lowest BCUT2D eigenvalue weighted by atomic mass is 9.88. The molecule has 1 aliphatic rings. The Bertz CT molecular complexity index is 1020. The lowest BCUT2D eigenvalue weighted by Crippen LogP contribution is -2.45. The molecule has 2 N–H and O–H groups in total. The molecule has 8 nitrogen and oxygen atoms in total. The standard InChI is InChI=1S/C21H23F3N4O4/c1-12-19(26-9-18(27-12)32-6-5-30-2)16(29)8-13-3-4-15(22)14(7-13)21(20(23)24)11-31-10-17(25)28-21/h3-4,7,9,20H,5-6,8,10-11H2,1-2H3,(H2,25,28)/t21-/m0/s1. The normalized spacial score (nSPS) is 18.5. The van der Waals surface area contributed by atoms with E-state index in [9.17, 15) is 18.0 Å². The summed E-state index contributed by atoms with van der Waals surface area (Å²) in [6.07, 6.45) is -1.96. The number of carbonyl (C=O) groups is 1. The summed E-state index contributed by atoms with van der Waals surface area (Å²) in [5.41, 5.74) is 3.67. The van der Waals surface area contributed by atoms with Gasteiger partial charge in [0.05, 0.1) is 25.1 Å². The van der Waals surface area contributed by atoms with Crippen molar-refractivity contribution >= 4 is 11.6 Å². The number of hydrogen-bond acceptors (Lipinski definition) is 8. The molecule has 0 saturated heterocycles. The molecule has 0 aliphatic carbocycles. The first-order chi connectivity index (χ1) is 15.3. The Kier molecular flexibility index (Phi) is 7.41. The van der Waals surface area contributed by atoms with Gasteiger partial charge in [0.2, 0.25) is 5.88 Å². The average molecular weight is 452 g/mol. The molecule has 11 heteroatoms. The SMILES string of the molecule is COCCOc1cnc(C(=O)Cc2ccc(F)c([C@]3(C(F)F)COCC(N)=N3)c2)c(C)n1. The fraction of sp³-hybridized carbons (Fsp3) is 0.429. The van der Waals surface area contributed by atoms with Gasteiger partial charge in [-0.1, -0.05) is 6.07 Å². The number of alkyl halides is 2. The molecule has 0 amide bonds. The van der Waals surface area contributed by atoms with Crippen molar-refractivity contribution in [3.63, 3.8) is 0 Å². The molecule has 172 valence electrons. The number of rotatable bonds is 9. The van der Waals surface area contributed by atoms with Crippen LogP contribution in [0.4, 0.5) is 13.2 Å². The van der Waals surface area contributed by atoms with Crippen molar-refractivity contribution in [1.29, 1.82) is 0 Å². The van der Waals surface area contributed by atoms with Crippen LogP contribution < -0.4 is 10.5 Å². The van der Waals surface area contributed by atoms with Crippen LogP contribution in [0.5, 0.6) is 5.88 Å². The van der Waals surface area contributed by atoms with Gasteiger partial charge < -0.3 is 19.9 Å². The van der Waals surface area contributed by atoms with E-state index in [1.165, 1.54) is 25.4 Å². The number of amidine groups is 1. The van der Waals surface area contributed by atoms with Gasteiger partial charge in [0.25, 0.3) is 6.43 Å². The van der Waals surface area contributed by atoms with Gasteiger partial charge >= 0.3 is 0 Å². The Hall–Kier alpha value is -3.05. The number of aryl methyl sites for hydroxylation is 1. The van der Waals surface area contributed by atoms with Gasteiger partial charge in [-0.05, 0) is 24.6 Å². The van der Waals surface area contributed by atoms with Gasteiger partial charge in [0, 0.05) is 19.1 Å². The summed E-state index contributed by atoms with van der Waals surface area (Å²) in [6.45, 7) is 1.60. The number of aromatic nitrogens is 2. The number of aliphatic imine (C=N–C) groups is 1. The number of Topliss-reactive ketones (excluding diaryl/α,β-unsaturated/α-hetero) is 1. The van der Waals surface area contributed by atoms with E-state index in [0.29, 0.717) is 17.9 Å². The predicted molar refractivity (Wildman–Crippen MR) is 109 cm³/mol. The highest BCUT2D eigenvalue weighted by molar-refractivity contribution is 5.96. The van der Waals surface area contributed by atoms with E-state index in [0.717, 1.165) is 6.07 Å². The van der Waals surface area contributed by atoms with Crippen LogP contribution in [-0.2, 0) is 21.4 Å². The monoisotopic (exact) mass is 452 g/mol. The minimum atomic E-state index is -3.07. The molecule has 32 heavy (non-hydrogen) atoms. The van der Waals surface area contributed by atoms with Crippen molar-refractivity contribution in [2.24, 2.45) is 10.7 Å². The topological polar surface area (TPSA) is 109 Å². The Labute approximate surface area is 182 Å². The number of ketones is 1. The van der Waals surface area contributed by atoms with Gasteiger partial charge in [-0.15, -0.1) is 0 Å². The first kappa shape index (κ1) is 23.6. The minimum absolute atomic E-state index is 0.0989. The summed E-state index contributed by atoms with van der Waals surface area (Å²) in [5.74, 6) is -1.22. The van der Waals surface area contributed by atoms with Crippen LogP contribution in [0.2, 0.25) is 0 Å². The van der Waals surface area contributed by atoms with Gasteiger partial charge in [-0.25, -0.2) is 23.1 Å². The third kappa shape index (κ3) is 5.05. The van der Waals surface area contributed by atoms with Crippen molar-refractivity contribution < 1.29 is 32.2 Å². The van der Waals surface area contributed by atoms with Gasteiger partial charge in [-0.2, -0.15) is 0 Å². The highest BCUT2D eigenvalue weighted by Crippen LogP contribution is 2.37. The van der Waals surface area contributed by atoms with Crippen molar-refractivity contribution in [1.82, 2.24) is 9.97 Å². The molecule has 1 aromatic carbocycles. The summed E-state index contributed by atoms with van der Waals surface area (Å²) in [6, 6.07) is 3.56. The number of carbonyl (C=O) groups excluding carboxylic acids is 1. The number of ether oxygens (including phenoxy) is 3. The molecule has 0 fully saturated rings. The van der Waals surface area contributed by atoms with Crippen molar-refractivity contribution in [3.05, 3.63) is 52.7 Å².